The monoisotopic (exact) mass is 333 g/mol. The van der Waals surface area contributed by atoms with Crippen molar-refractivity contribution in [3.63, 3.8) is 0 Å². The van der Waals surface area contributed by atoms with Crippen LogP contribution in [0, 0.1) is 6.92 Å². The van der Waals surface area contributed by atoms with E-state index in [9.17, 15) is 0 Å². The number of hydrogen-bond acceptors (Lipinski definition) is 3. The highest BCUT2D eigenvalue weighted by Gasteiger charge is 2.11. The Kier molecular flexibility index (Phi) is 3.69. The van der Waals surface area contributed by atoms with Gasteiger partial charge in [0.1, 0.15) is 10.7 Å². The summed E-state index contributed by atoms with van der Waals surface area (Å²) in [6.07, 6.45) is 4.04. The lowest BCUT2D eigenvalue weighted by atomic mass is 10.1. The van der Waals surface area contributed by atoms with Gasteiger partial charge in [0, 0.05) is 40.3 Å². The molecule has 3 nitrogen and oxygen atoms in total. The molecule has 4 heteroatoms. The minimum absolute atomic E-state index is 0.411. The molecule has 0 spiro atoms. The molecule has 4 aromatic rings. The Hall–Kier alpha value is -2.46. The first kappa shape index (κ1) is 15.1. The predicted octanol–water partition coefficient (Wildman–Crippen LogP) is 5.72. The predicted molar refractivity (Wildman–Crippen MR) is 101 cm³/mol. The van der Waals surface area contributed by atoms with Crippen LogP contribution in [0.4, 0.5) is 0 Å². The maximum atomic E-state index is 4.83. The zero-order valence-corrected chi connectivity index (χ0v) is 14.8. The van der Waals surface area contributed by atoms with E-state index in [1.54, 1.807) is 11.3 Å². The normalized spacial score (nSPS) is 11.5. The smallest absolute Gasteiger partial charge is 0.140 e. The van der Waals surface area contributed by atoms with Crippen molar-refractivity contribution in [3.05, 3.63) is 59.7 Å². The van der Waals surface area contributed by atoms with E-state index in [1.165, 1.54) is 11.1 Å². The molecule has 0 bridgehead atoms. The third-order valence-corrected chi connectivity index (χ3v) is 5.17. The van der Waals surface area contributed by atoms with Gasteiger partial charge in [-0.2, -0.15) is 0 Å². The molecule has 0 N–H and O–H groups in total. The summed E-state index contributed by atoms with van der Waals surface area (Å²) in [4.78, 5) is 9.50. The van der Waals surface area contributed by atoms with Crippen LogP contribution in [0.5, 0.6) is 0 Å². The third kappa shape index (κ3) is 2.53. The summed E-state index contributed by atoms with van der Waals surface area (Å²) < 4.78 is 2.19. The van der Waals surface area contributed by atoms with Crippen molar-refractivity contribution in [1.29, 1.82) is 0 Å². The molecule has 0 saturated heterocycles. The highest BCUT2D eigenvalue weighted by atomic mass is 32.1. The molecule has 0 fully saturated rings. The molecular weight excluding hydrogens is 314 g/mol. The van der Waals surface area contributed by atoms with Crippen molar-refractivity contribution in [2.45, 2.75) is 26.8 Å². The molecule has 0 radical (unpaired) electrons. The van der Waals surface area contributed by atoms with E-state index >= 15 is 0 Å². The second-order valence-electron chi connectivity index (χ2n) is 6.31. The summed E-state index contributed by atoms with van der Waals surface area (Å²) in [6.45, 7) is 6.46. The highest BCUT2D eigenvalue weighted by Crippen LogP contribution is 2.31. The molecule has 4 rings (SSSR count). The maximum absolute atomic E-state index is 4.83. The average Bonchev–Trinajstić information content (AvgIpc) is 3.21. The number of aryl methyl sites for hydroxylation is 1. The average molecular weight is 333 g/mol. The van der Waals surface area contributed by atoms with E-state index < -0.39 is 0 Å². The Morgan fingerprint density at radius 2 is 1.96 bits per heavy atom. The van der Waals surface area contributed by atoms with Crippen molar-refractivity contribution < 1.29 is 0 Å². The minimum Gasteiger partial charge on any atom is -0.330 e. The lowest BCUT2D eigenvalue weighted by molar-refractivity contribution is 0.618. The zero-order valence-electron chi connectivity index (χ0n) is 14.0. The van der Waals surface area contributed by atoms with Crippen LogP contribution in [-0.2, 0) is 0 Å². The van der Waals surface area contributed by atoms with Gasteiger partial charge < -0.3 is 4.57 Å². The minimum atomic E-state index is 0.411. The maximum Gasteiger partial charge on any atom is 0.140 e. The molecule has 0 aliphatic heterocycles. The van der Waals surface area contributed by atoms with E-state index in [-0.39, 0.29) is 0 Å². The molecule has 1 aromatic carbocycles. The molecule has 0 unspecified atom stereocenters. The van der Waals surface area contributed by atoms with Crippen LogP contribution in [0.3, 0.4) is 0 Å². The number of hydrogen-bond donors (Lipinski definition) is 0. The fraction of sp³-hybridized carbons (Fsp3) is 0.200. The Bertz CT molecular complexity index is 1010. The van der Waals surface area contributed by atoms with Crippen LogP contribution in [0.2, 0.25) is 0 Å². The van der Waals surface area contributed by atoms with Gasteiger partial charge in [-0.1, -0.05) is 24.3 Å². The number of fused-ring (bicyclic) bond motifs is 1. The molecule has 3 heterocycles. The number of nitrogens with zero attached hydrogens (tertiary/aromatic N) is 3. The van der Waals surface area contributed by atoms with E-state index in [4.69, 9.17) is 4.98 Å². The summed E-state index contributed by atoms with van der Waals surface area (Å²) >= 11 is 1.67. The van der Waals surface area contributed by atoms with Crippen LogP contribution in [0.25, 0.3) is 32.9 Å². The van der Waals surface area contributed by atoms with Crippen LogP contribution in [0.1, 0.15) is 25.5 Å². The summed E-state index contributed by atoms with van der Waals surface area (Å²) in [6, 6.07) is 13.1. The quantitative estimate of drug-likeness (QED) is 0.480. The van der Waals surface area contributed by atoms with Crippen molar-refractivity contribution in [3.8, 4) is 21.8 Å². The van der Waals surface area contributed by atoms with Crippen LogP contribution in [0.15, 0.2) is 54.2 Å². The fourth-order valence-corrected chi connectivity index (χ4v) is 3.77. The lowest BCUT2D eigenvalue weighted by Gasteiger charge is -2.08. The van der Waals surface area contributed by atoms with Gasteiger partial charge in [0.15, 0.2) is 0 Å². The van der Waals surface area contributed by atoms with Gasteiger partial charge in [-0.15, -0.1) is 11.3 Å². The lowest BCUT2D eigenvalue weighted by Crippen LogP contribution is -1.99. The summed E-state index contributed by atoms with van der Waals surface area (Å²) in [5.74, 6) is 0. The van der Waals surface area contributed by atoms with Gasteiger partial charge in [-0.25, -0.2) is 9.97 Å². The van der Waals surface area contributed by atoms with Gasteiger partial charge in [0.05, 0.1) is 5.69 Å². The molecule has 3 aromatic heterocycles. The molecular formula is C20H19N3S. The standard InChI is InChI=1S/C20H19N3S/c1-13(2)23-9-8-15-10-16(11-21-19(15)23)20-22-18(12-24-20)17-7-5-4-6-14(17)3/h4-13H,1-3H3. The Morgan fingerprint density at radius 1 is 1.12 bits per heavy atom. The number of aromatic nitrogens is 3. The molecule has 0 aliphatic carbocycles. The first-order chi connectivity index (χ1) is 11.6. The number of thiazole rings is 1. The second kappa shape index (κ2) is 5.87. The zero-order chi connectivity index (χ0) is 16.7. The van der Waals surface area contributed by atoms with E-state index in [0.717, 1.165) is 27.3 Å². The third-order valence-electron chi connectivity index (χ3n) is 4.28. The van der Waals surface area contributed by atoms with E-state index in [2.05, 4.69) is 78.3 Å². The number of pyridine rings is 1. The highest BCUT2D eigenvalue weighted by molar-refractivity contribution is 7.13. The Labute approximate surface area is 145 Å². The van der Waals surface area contributed by atoms with E-state index in [0.29, 0.717) is 6.04 Å². The fourth-order valence-electron chi connectivity index (χ4n) is 2.97. The second-order valence-corrected chi connectivity index (χ2v) is 7.16. The molecule has 120 valence electrons. The number of benzene rings is 1. The first-order valence-electron chi connectivity index (χ1n) is 8.12. The van der Waals surface area contributed by atoms with E-state index in [1.807, 2.05) is 6.20 Å². The van der Waals surface area contributed by atoms with Gasteiger partial charge in [-0.05, 0) is 38.5 Å². The van der Waals surface area contributed by atoms with Crippen molar-refractivity contribution >= 4 is 22.4 Å². The van der Waals surface area contributed by atoms with Crippen LogP contribution >= 0.6 is 11.3 Å². The number of rotatable bonds is 3. The summed E-state index contributed by atoms with van der Waals surface area (Å²) in [5, 5.41) is 4.30. The largest absolute Gasteiger partial charge is 0.330 e. The SMILES string of the molecule is Cc1ccccc1-c1csc(-c2cnc3c(ccn3C(C)C)c2)n1. The summed E-state index contributed by atoms with van der Waals surface area (Å²) in [7, 11) is 0. The van der Waals surface area contributed by atoms with Crippen LogP contribution in [-0.4, -0.2) is 14.5 Å². The van der Waals surface area contributed by atoms with Crippen LogP contribution < -0.4 is 0 Å². The Morgan fingerprint density at radius 3 is 2.75 bits per heavy atom. The van der Waals surface area contributed by atoms with Gasteiger partial charge in [-0.3, -0.25) is 0 Å². The molecule has 0 amide bonds. The summed E-state index contributed by atoms with van der Waals surface area (Å²) in [5.41, 5.74) is 5.59. The van der Waals surface area contributed by atoms with Gasteiger partial charge >= 0.3 is 0 Å². The van der Waals surface area contributed by atoms with Gasteiger partial charge in [0.2, 0.25) is 0 Å². The van der Waals surface area contributed by atoms with Crippen molar-refractivity contribution in [1.82, 2.24) is 14.5 Å². The molecule has 0 atom stereocenters. The van der Waals surface area contributed by atoms with Crippen molar-refractivity contribution in [2.75, 3.05) is 0 Å². The molecule has 24 heavy (non-hydrogen) atoms. The first-order valence-corrected chi connectivity index (χ1v) is 9.00. The Balaban J connectivity index is 1.75. The topological polar surface area (TPSA) is 30.7 Å². The molecule has 0 aliphatic rings. The van der Waals surface area contributed by atoms with Gasteiger partial charge in [0.25, 0.3) is 0 Å². The molecule has 0 saturated carbocycles. The van der Waals surface area contributed by atoms with Crippen molar-refractivity contribution in [2.24, 2.45) is 0 Å².